The van der Waals surface area contributed by atoms with E-state index in [4.69, 9.17) is 5.11 Å². The van der Waals surface area contributed by atoms with E-state index in [1.165, 1.54) is 4.90 Å². The van der Waals surface area contributed by atoms with Crippen LogP contribution in [0.2, 0.25) is 0 Å². The predicted octanol–water partition coefficient (Wildman–Crippen LogP) is -1.04. The molecule has 1 saturated heterocycles. The van der Waals surface area contributed by atoms with Crippen molar-refractivity contribution in [2.24, 2.45) is 5.41 Å². The molecule has 0 aromatic carbocycles. The first-order chi connectivity index (χ1) is 6.46. The summed E-state index contributed by atoms with van der Waals surface area (Å²) in [7, 11) is 0. The molecule has 80 valence electrons. The zero-order chi connectivity index (χ0) is 10.8. The van der Waals surface area contributed by atoms with Crippen LogP contribution in [0.4, 0.5) is 0 Å². The number of nitrogens with zero attached hydrogens (tertiary/aromatic N) is 1. The third kappa shape index (κ3) is 2.52. The van der Waals surface area contributed by atoms with Gasteiger partial charge in [-0.25, -0.2) is 0 Å². The van der Waals surface area contributed by atoms with Crippen molar-refractivity contribution >= 4 is 11.8 Å². The molecule has 5 nitrogen and oxygen atoms in total. The molecule has 1 aliphatic heterocycles. The number of carbonyl (C=O) groups excluding carboxylic acids is 2. The molecule has 1 fully saturated rings. The number of carbonyl (C=O) groups is 2. The number of hydrogen-bond acceptors (Lipinski definition) is 4. The monoisotopic (exact) mass is 200 g/mol. The summed E-state index contributed by atoms with van der Waals surface area (Å²) in [5, 5.41) is 11.7. The Morgan fingerprint density at radius 3 is 2.29 bits per heavy atom. The number of rotatable bonds is 3. The van der Waals surface area contributed by atoms with Crippen molar-refractivity contribution in [2.45, 2.75) is 13.8 Å². The first-order valence-electron chi connectivity index (χ1n) is 4.61. The number of aliphatic hydroxyl groups excluding tert-OH is 1. The fourth-order valence-electron chi connectivity index (χ4n) is 1.26. The van der Waals surface area contributed by atoms with E-state index in [2.05, 4.69) is 5.32 Å². The second-order valence-corrected chi connectivity index (χ2v) is 4.30. The second kappa shape index (κ2) is 4.06. The molecule has 1 aliphatic rings. The van der Waals surface area contributed by atoms with Gasteiger partial charge in [0.15, 0.2) is 0 Å². The predicted molar refractivity (Wildman–Crippen MR) is 50.5 cm³/mol. The van der Waals surface area contributed by atoms with Crippen molar-refractivity contribution in [3.63, 3.8) is 0 Å². The Labute approximate surface area is 83.1 Å². The van der Waals surface area contributed by atoms with Crippen molar-refractivity contribution in [2.75, 3.05) is 26.2 Å². The summed E-state index contributed by atoms with van der Waals surface area (Å²) in [6, 6.07) is 0. The molecule has 0 unspecified atom stereocenters. The van der Waals surface area contributed by atoms with Gasteiger partial charge in [0, 0.05) is 18.6 Å². The Morgan fingerprint density at radius 1 is 1.36 bits per heavy atom. The summed E-state index contributed by atoms with van der Waals surface area (Å²) in [4.78, 5) is 23.9. The van der Waals surface area contributed by atoms with Crippen LogP contribution < -0.4 is 5.32 Å². The summed E-state index contributed by atoms with van der Waals surface area (Å²) in [5.41, 5.74) is -0.428. The minimum absolute atomic E-state index is 0.0442. The van der Waals surface area contributed by atoms with Gasteiger partial charge < -0.3 is 5.11 Å². The normalized spacial score (nSPS) is 18.9. The second-order valence-electron chi connectivity index (χ2n) is 4.30. The van der Waals surface area contributed by atoms with Crippen LogP contribution in [-0.4, -0.2) is 48.1 Å². The quantitative estimate of drug-likeness (QED) is 0.571. The summed E-state index contributed by atoms with van der Waals surface area (Å²) >= 11 is 0. The van der Waals surface area contributed by atoms with Crippen LogP contribution in [0, 0.1) is 5.41 Å². The molecule has 0 saturated carbocycles. The van der Waals surface area contributed by atoms with Crippen LogP contribution in [0.25, 0.3) is 0 Å². The van der Waals surface area contributed by atoms with E-state index in [-0.39, 0.29) is 38.1 Å². The summed E-state index contributed by atoms with van der Waals surface area (Å²) < 4.78 is 0. The molecule has 14 heavy (non-hydrogen) atoms. The van der Waals surface area contributed by atoms with Gasteiger partial charge in [0.25, 0.3) is 0 Å². The van der Waals surface area contributed by atoms with Crippen LogP contribution in [0.15, 0.2) is 0 Å². The molecule has 0 radical (unpaired) electrons. The van der Waals surface area contributed by atoms with E-state index in [0.717, 1.165) is 0 Å². The Morgan fingerprint density at radius 2 is 1.86 bits per heavy atom. The summed E-state index contributed by atoms with van der Waals surface area (Å²) in [5.74, 6) is -0.439. The highest BCUT2D eigenvalue weighted by Crippen LogP contribution is 2.16. The third-order valence-corrected chi connectivity index (χ3v) is 2.17. The van der Waals surface area contributed by atoms with Gasteiger partial charge in [0.1, 0.15) is 0 Å². The molecule has 0 aromatic heterocycles. The number of piperazine rings is 1. The van der Waals surface area contributed by atoms with Crippen molar-refractivity contribution in [1.82, 2.24) is 10.2 Å². The maximum atomic E-state index is 11.4. The van der Waals surface area contributed by atoms with E-state index in [1.807, 2.05) is 13.8 Å². The highest BCUT2D eigenvalue weighted by atomic mass is 16.3. The lowest BCUT2D eigenvalue weighted by molar-refractivity contribution is -0.148. The van der Waals surface area contributed by atoms with Crippen LogP contribution in [-0.2, 0) is 9.59 Å². The highest BCUT2D eigenvalue weighted by Gasteiger charge is 2.30. The summed E-state index contributed by atoms with van der Waals surface area (Å²) in [6.45, 7) is 4.27. The van der Waals surface area contributed by atoms with Gasteiger partial charge in [-0.05, 0) is 0 Å². The van der Waals surface area contributed by atoms with Crippen molar-refractivity contribution in [3.8, 4) is 0 Å². The van der Waals surface area contributed by atoms with Crippen LogP contribution in [0.3, 0.4) is 0 Å². The molecular formula is C9H16N2O3. The first-order valence-corrected chi connectivity index (χ1v) is 4.61. The average molecular weight is 200 g/mol. The maximum absolute atomic E-state index is 11.4. The van der Waals surface area contributed by atoms with Crippen molar-refractivity contribution in [3.05, 3.63) is 0 Å². The zero-order valence-corrected chi connectivity index (χ0v) is 8.54. The molecule has 0 bridgehead atoms. The molecule has 0 aliphatic carbocycles. The minimum Gasteiger partial charge on any atom is -0.396 e. The Bertz CT molecular complexity index is 234. The van der Waals surface area contributed by atoms with Gasteiger partial charge in [-0.1, -0.05) is 13.8 Å². The highest BCUT2D eigenvalue weighted by molar-refractivity contribution is 5.99. The van der Waals surface area contributed by atoms with E-state index in [0.29, 0.717) is 0 Å². The van der Waals surface area contributed by atoms with Gasteiger partial charge in [-0.3, -0.25) is 19.8 Å². The Balaban J connectivity index is 2.65. The lowest BCUT2D eigenvalue weighted by Gasteiger charge is -2.32. The van der Waals surface area contributed by atoms with Crippen LogP contribution in [0.1, 0.15) is 13.8 Å². The van der Waals surface area contributed by atoms with Gasteiger partial charge in [-0.2, -0.15) is 0 Å². The maximum Gasteiger partial charge on any atom is 0.243 e. The number of nitrogens with one attached hydrogen (secondary N) is 1. The third-order valence-electron chi connectivity index (χ3n) is 2.17. The Hall–Kier alpha value is -0.940. The standard InChI is InChI=1S/C9H16N2O3/c1-9(2,6-12)5-11-7(13)3-10-4-8(11)14/h10,12H,3-6H2,1-2H3. The summed E-state index contributed by atoms with van der Waals surface area (Å²) in [6.07, 6.45) is 0. The van der Waals surface area contributed by atoms with E-state index in [9.17, 15) is 9.59 Å². The minimum atomic E-state index is -0.428. The molecule has 5 heteroatoms. The molecule has 0 atom stereocenters. The fourth-order valence-corrected chi connectivity index (χ4v) is 1.26. The largest absolute Gasteiger partial charge is 0.396 e. The van der Waals surface area contributed by atoms with Gasteiger partial charge in [0.05, 0.1) is 13.1 Å². The molecule has 0 spiro atoms. The zero-order valence-electron chi connectivity index (χ0n) is 8.54. The topological polar surface area (TPSA) is 69.6 Å². The average Bonchev–Trinajstić information content (AvgIpc) is 2.12. The molecular weight excluding hydrogens is 184 g/mol. The number of aliphatic hydroxyl groups is 1. The first kappa shape index (κ1) is 11.1. The molecule has 2 N–H and O–H groups in total. The molecule has 1 heterocycles. The molecule has 1 rings (SSSR count). The van der Waals surface area contributed by atoms with E-state index in [1.54, 1.807) is 0 Å². The van der Waals surface area contributed by atoms with Crippen molar-refractivity contribution in [1.29, 1.82) is 0 Å². The fraction of sp³-hybridized carbons (Fsp3) is 0.778. The Kier molecular flexibility index (Phi) is 3.23. The van der Waals surface area contributed by atoms with Crippen molar-refractivity contribution < 1.29 is 14.7 Å². The molecule has 0 aromatic rings. The lowest BCUT2D eigenvalue weighted by atomic mass is 9.94. The van der Waals surface area contributed by atoms with Gasteiger partial charge >= 0.3 is 0 Å². The van der Waals surface area contributed by atoms with Gasteiger partial charge in [-0.15, -0.1) is 0 Å². The van der Waals surface area contributed by atoms with Crippen LogP contribution >= 0.6 is 0 Å². The van der Waals surface area contributed by atoms with Crippen LogP contribution in [0.5, 0.6) is 0 Å². The number of imide groups is 1. The molecule has 2 amide bonds. The number of hydrogen-bond donors (Lipinski definition) is 2. The smallest absolute Gasteiger partial charge is 0.243 e. The number of amides is 2. The SMILES string of the molecule is CC(C)(CO)CN1C(=O)CNCC1=O. The van der Waals surface area contributed by atoms with E-state index < -0.39 is 5.41 Å². The lowest BCUT2D eigenvalue weighted by Crippen LogP contribution is -2.54. The van der Waals surface area contributed by atoms with Gasteiger partial charge in [0.2, 0.25) is 11.8 Å². The van der Waals surface area contributed by atoms with E-state index >= 15 is 0 Å².